The molecule has 0 amide bonds. The van der Waals surface area contributed by atoms with E-state index in [-0.39, 0.29) is 5.92 Å². The van der Waals surface area contributed by atoms with E-state index in [1.807, 2.05) is 36.7 Å². The average Bonchev–Trinajstić information content (AvgIpc) is 2.82. The lowest BCUT2D eigenvalue weighted by Crippen LogP contribution is -2.16. The summed E-state index contributed by atoms with van der Waals surface area (Å²) in [5, 5.41) is 1.87. The molecule has 0 saturated heterocycles. The van der Waals surface area contributed by atoms with Gasteiger partial charge in [0.05, 0.1) is 27.0 Å². The molecule has 0 radical (unpaired) electrons. The van der Waals surface area contributed by atoms with Crippen LogP contribution in [0.5, 0.6) is 17.2 Å². The number of hydrogen-bond donors (Lipinski definition) is 1. The van der Waals surface area contributed by atoms with Crippen LogP contribution in [0.4, 0.5) is 5.82 Å². The highest BCUT2D eigenvalue weighted by molar-refractivity contribution is 5.98. The second kappa shape index (κ2) is 7.43. The summed E-state index contributed by atoms with van der Waals surface area (Å²) in [6.45, 7) is 0. The van der Waals surface area contributed by atoms with Gasteiger partial charge in [0.1, 0.15) is 5.82 Å². The van der Waals surface area contributed by atoms with Crippen LogP contribution in [0.1, 0.15) is 22.6 Å². The smallest absolute Gasteiger partial charge is 0.203 e. The number of nitrogen functional groups attached to an aromatic ring is 1. The van der Waals surface area contributed by atoms with E-state index in [1.54, 1.807) is 33.7 Å². The molecule has 0 bridgehead atoms. The van der Waals surface area contributed by atoms with Gasteiger partial charge in [-0.25, -0.2) is 4.98 Å². The first-order valence-corrected chi connectivity index (χ1v) is 9.92. The Bertz CT molecular complexity index is 1280. The number of benzene rings is 1. The number of nitrogens with zero attached hydrogens (tertiary/aromatic N) is 3. The SMILES string of the molecule is COc1cc(C2Cc3ccncc3-c3nc(N)c4cnccc4c32)cc(OC)c1OC. The van der Waals surface area contributed by atoms with Crippen LogP contribution in [0.2, 0.25) is 0 Å². The molecule has 1 aliphatic carbocycles. The highest BCUT2D eigenvalue weighted by atomic mass is 16.5. The van der Waals surface area contributed by atoms with Crippen molar-refractivity contribution in [1.82, 2.24) is 15.0 Å². The zero-order valence-electron chi connectivity index (χ0n) is 17.5. The molecule has 1 unspecified atom stereocenters. The standard InChI is InChI=1S/C24H22N4O3/c1-29-19-9-14(10-20(30-2)23(19)31-3)16-8-13-4-6-26-11-17(13)22-21(16)15-5-7-27-12-18(15)24(25)28-22/h4-7,9-12,16H,8H2,1-3H3,(H2,25,28). The molecule has 4 aromatic rings. The first-order chi connectivity index (χ1) is 15.2. The number of ether oxygens (including phenoxy) is 3. The minimum atomic E-state index is 0.0107. The van der Waals surface area contributed by atoms with Gasteiger partial charge in [-0.15, -0.1) is 0 Å². The fraction of sp³-hybridized carbons (Fsp3) is 0.208. The van der Waals surface area contributed by atoms with Gasteiger partial charge in [-0.2, -0.15) is 0 Å². The monoisotopic (exact) mass is 414 g/mol. The Hall–Kier alpha value is -3.87. The predicted molar refractivity (Wildman–Crippen MR) is 119 cm³/mol. The largest absolute Gasteiger partial charge is 0.493 e. The summed E-state index contributed by atoms with van der Waals surface area (Å²) in [5.74, 6) is 2.28. The van der Waals surface area contributed by atoms with Crippen LogP contribution in [0.25, 0.3) is 22.0 Å². The number of rotatable bonds is 4. The summed E-state index contributed by atoms with van der Waals surface area (Å²) in [7, 11) is 4.85. The van der Waals surface area contributed by atoms with E-state index in [9.17, 15) is 0 Å². The molecule has 156 valence electrons. The summed E-state index contributed by atoms with van der Waals surface area (Å²) in [5.41, 5.74) is 11.5. The third kappa shape index (κ3) is 2.92. The van der Waals surface area contributed by atoms with Crippen LogP contribution < -0.4 is 19.9 Å². The lowest BCUT2D eigenvalue weighted by molar-refractivity contribution is 0.323. The van der Waals surface area contributed by atoms with Gasteiger partial charge in [-0.3, -0.25) is 9.97 Å². The molecule has 3 heterocycles. The van der Waals surface area contributed by atoms with E-state index in [0.29, 0.717) is 23.1 Å². The van der Waals surface area contributed by atoms with E-state index < -0.39 is 0 Å². The summed E-state index contributed by atoms with van der Waals surface area (Å²) in [6, 6.07) is 8.05. The molecule has 1 aromatic carbocycles. The first kappa shape index (κ1) is 19.1. The molecule has 1 aliphatic rings. The number of methoxy groups -OCH3 is 3. The Morgan fingerprint density at radius 1 is 0.903 bits per heavy atom. The van der Waals surface area contributed by atoms with Crippen molar-refractivity contribution < 1.29 is 14.2 Å². The van der Waals surface area contributed by atoms with Crippen molar-refractivity contribution in [2.75, 3.05) is 27.1 Å². The van der Waals surface area contributed by atoms with E-state index in [0.717, 1.165) is 39.6 Å². The molecular weight excluding hydrogens is 392 g/mol. The molecule has 7 heteroatoms. The van der Waals surface area contributed by atoms with Gasteiger partial charge in [0.25, 0.3) is 0 Å². The fourth-order valence-electron chi connectivity index (χ4n) is 4.48. The Morgan fingerprint density at radius 3 is 2.32 bits per heavy atom. The minimum Gasteiger partial charge on any atom is -0.493 e. The van der Waals surface area contributed by atoms with E-state index in [2.05, 4.69) is 9.97 Å². The lowest BCUT2D eigenvalue weighted by atomic mass is 9.76. The van der Waals surface area contributed by atoms with Crippen molar-refractivity contribution in [1.29, 1.82) is 0 Å². The molecular formula is C24H22N4O3. The third-order valence-corrected chi connectivity index (χ3v) is 5.90. The number of fused-ring (bicyclic) bond motifs is 5. The van der Waals surface area contributed by atoms with Crippen LogP contribution in [0, 0.1) is 0 Å². The van der Waals surface area contributed by atoms with Crippen molar-refractivity contribution in [2.45, 2.75) is 12.3 Å². The maximum atomic E-state index is 6.32. The van der Waals surface area contributed by atoms with Crippen LogP contribution in [-0.2, 0) is 6.42 Å². The molecule has 3 aromatic heterocycles. The summed E-state index contributed by atoms with van der Waals surface area (Å²) in [4.78, 5) is 13.4. The molecule has 5 rings (SSSR count). The molecule has 0 spiro atoms. The second-order valence-corrected chi connectivity index (χ2v) is 7.43. The van der Waals surface area contributed by atoms with Gasteiger partial charge in [-0.05, 0) is 52.8 Å². The Morgan fingerprint density at radius 2 is 1.61 bits per heavy atom. The highest BCUT2D eigenvalue weighted by Gasteiger charge is 2.31. The van der Waals surface area contributed by atoms with Crippen LogP contribution in [0.3, 0.4) is 0 Å². The van der Waals surface area contributed by atoms with Gasteiger partial charge in [0.2, 0.25) is 5.75 Å². The van der Waals surface area contributed by atoms with Crippen molar-refractivity contribution in [2.24, 2.45) is 0 Å². The van der Waals surface area contributed by atoms with Crippen LogP contribution in [-0.4, -0.2) is 36.3 Å². The Balaban J connectivity index is 1.83. The lowest BCUT2D eigenvalue weighted by Gasteiger charge is -2.29. The number of anilines is 1. The maximum Gasteiger partial charge on any atom is 0.203 e. The average molecular weight is 414 g/mol. The first-order valence-electron chi connectivity index (χ1n) is 9.92. The zero-order valence-corrected chi connectivity index (χ0v) is 17.5. The molecule has 0 saturated carbocycles. The Kier molecular flexibility index (Phi) is 4.58. The Labute approximate surface area is 179 Å². The van der Waals surface area contributed by atoms with Crippen LogP contribution in [0.15, 0.2) is 49.1 Å². The third-order valence-electron chi connectivity index (χ3n) is 5.90. The summed E-state index contributed by atoms with van der Waals surface area (Å²) in [6.07, 6.45) is 8.01. The maximum absolute atomic E-state index is 6.32. The van der Waals surface area contributed by atoms with E-state index in [1.165, 1.54) is 5.56 Å². The fourth-order valence-corrected chi connectivity index (χ4v) is 4.48. The second-order valence-electron chi connectivity index (χ2n) is 7.43. The number of hydrogen-bond acceptors (Lipinski definition) is 7. The normalized spacial score (nSPS) is 14.6. The van der Waals surface area contributed by atoms with Gasteiger partial charge in [-0.1, -0.05) is 0 Å². The van der Waals surface area contributed by atoms with Crippen molar-refractivity contribution in [3.05, 3.63) is 65.7 Å². The van der Waals surface area contributed by atoms with Gasteiger partial charge in [0.15, 0.2) is 11.5 Å². The molecule has 7 nitrogen and oxygen atoms in total. The van der Waals surface area contributed by atoms with Crippen molar-refractivity contribution >= 4 is 16.6 Å². The number of aromatic nitrogens is 3. The molecule has 0 aliphatic heterocycles. The quantitative estimate of drug-likeness (QED) is 0.540. The van der Waals surface area contributed by atoms with E-state index in [4.69, 9.17) is 24.9 Å². The predicted octanol–water partition coefficient (Wildman–Crippen LogP) is 3.99. The number of pyridine rings is 3. The van der Waals surface area contributed by atoms with Gasteiger partial charge in [0, 0.05) is 41.7 Å². The summed E-state index contributed by atoms with van der Waals surface area (Å²) < 4.78 is 16.7. The minimum absolute atomic E-state index is 0.0107. The topological polar surface area (TPSA) is 92.4 Å². The molecule has 1 atom stereocenters. The number of nitrogens with two attached hydrogens (primary N) is 1. The highest BCUT2D eigenvalue weighted by Crippen LogP contribution is 2.48. The van der Waals surface area contributed by atoms with Crippen molar-refractivity contribution in [3.63, 3.8) is 0 Å². The van der Waals surface area contributed by atoms with Gasteiger partial charge < -0.3 is 19.9 Å². The van der Waals surface area contributed by atoms with Crippen LogP contribution >= 0.6 is 0 Å². The van der Waals surface area contributed by atoms with Crippen molar-refractivity contribution in [3.8, 4) is 28.5 Å². The molecule has 31 heavy (non-hydrogen) atoms. The molecule has 0 fully saturated rings. The van der Waals surface area contributed by atoms with E-state index >= 15 is 0 Å². The summed E-state index contributed by atoms with van der Waals surface area (Å²) >= 11 is 0. The van der Waals surface area contributed by atoms with Gasteiger partial charge >= 0.3 is 0 Å². The zero-order chi connectivity index (χ0) is 21.5. The molecule has 2 N–H and O–H groups in total.